The van der Waals surface area contributed by atoms with Gasteiger partial charge in [-0.1, -0.05) is 13.3 Å². The van der Waals surface area contributed by atoms with Crippen molar-refractivity contribution in [1.29, 1.82) is 0 Å². The lowest BCUT2D eigenvalue weighted by atomic mass is 9.85. The van der Waals surface area contributed by atoms with Gasteiger partial charge >= 0.3 is 0 Å². The molecule has 0 bridgehead atoms. The molecule has 0 amide bonds. The number of methoxy groups -OCH3 is 1. The number of likely N-dealkylation sites (tertiary alicyclic amines) is 1. The molecule has 2 fully saturated rings. The first-order valence-corrected chi connectivity index (χ1v) is 7.72. The zero-order chi connectivity index (χ0) is 13.0. The van der Waals surface area contributed by atoms with Crippen LogP contribution in [0.2, 0.25) is 0 Å². The molecule has 18 heavy (non-hydrogen) atoms. The molecule has 0 radical (unpaired) electrons. The van der Waals surface area contributed by atoms with Crippen molar-refractivity contribution < 1.29 is 4.74 Å². The van der Waals surface area contributed by atoms with Gasteiger partial charge in [-0.15, -0.1) is 0 Å². The summed E-state index contributed by atoms with van der Waals surface area (Å²) in [7, 11) is 3.99. The van der Waals surface area contributed by atoms with Crippen molar-refractivity contribution in [2.24, 2.45) is 5.92 Å². The fourth-order valence-corrected chi connectivity index (χ4v) is 3.85. The molecule has 4 atom stereocenters. The maximum atomic E-state index is 5.57. The molecule has 0 aromatic rings. The van der Waals surface area contributed by atoms with Gasteiger partial charge in [0.1, 0.15) is 0 Å². The van der Waals surface area contributed by atoms with Gasteiger partial charge in [0.15, 0.2) is 0 Å². The van der Waals surface area contributed by atoms with Gasteiger partial charge in [0.25, 0.3) is 0 Å². The highest BCUT2D eigenvalue weighted by Crippen LogP contribution is 2.29. The SMILES string of the molecule is CCC1CN(C2CCCC(OC)C2)CCC1NC. The van der Waals surface area contributed by atoms with Crippen molar-refractivity contribution in [2.75, 3.05) is 27.2 Å². The maximum absolute atomic E-state index is 5.57. The number of piperidine rings is 1. The van der Waals surface area contributed by atoms with Crippen LogP contribution in [0.15, 0.2) is 0 Å². The van der Waals surface area contributed by atoms with E-state index < -0.39 is 0 Å². The topological polar surface area (TPSA) is 24.5 Å². The van der Waals surface area contributed by atoms with Gasteiger partial charge in [0.05, 0.1) is 6.10 Å². The highest BCUT2D eigenvalue weighted by Gasteiger charge is 2.33. The van der Waals surface area contributed by atoms with Crippen LogP contribution in [0, 0.1) is 5.92 Å². The fourth-order valence-electron chi connectivity index (χ4n) is 3.85. The molecule has 3 heteroatoms. The average molecular weight is 254 g/mol. The van der Waals surface area contributed by atoms with E-state index in [1.807, 2.05) is 7.11 Å². The number of nitrogens with one attached hydrogen (secondary N) is 1. The molecule has 106 valence electrons. The summed E-state index contributed by atoms with van der Waals surface area (Å²) in [5, 5.41) is 3.50. The summed E-state index contributed by atoms with van der Waals surface area (Å²) < 4.78 is 5.57. The predicted molar refractivity (Wildman–Crippen MR) is 75.9 cm³/mol. The third-order valence-electron chi connectivity index (χ3n) is 5.11. The summed E-state index contributed by atoms with van der Waals surface area (Å²) in [4.78, 5) is 2.74. The number of nitrogens with zero attached hydrogens (tertiary/aromatic N) is 1. The van der Waals surface area contributed by atoms with Crippen molar-refractivity contribution in [3.8, 4) is 0 Å². The summed E-state index contributed by atoms with van der Waals surface area (Å²) in [6, 6.07) is 1.50. The van der Waals surface area contributed by atoms with Crippen LogP contribution in [0.1, 0.15) is 45.4 Å². The van der Waals surface area contributed by atoms with Crippen LogP contribution in [-0.4, -0.2) is 50.3 Å². The van der Waals surface area contributed by atoms with Gasteiger partial charge in [-0.2, -0.15) is 0 Å². The van der Waals surface area contributed by atoms with Gasteiger partial charge in [0, 0.05) is 25.7 Å². The largest absolute Gasteiger partial charge is 0.381 e. The van der Waals surface area contributed by atoms with Gasteiger partial charge in [-0.05, 0) is 51.6 Å². The molecule has 0 aromatic heterocycles. The third-order valence-corrected chi connectivity index (χ3v) is 5.11. The first kappa shape index (κ1) is 14.3. The van der Waals surface area contributed by atoms with E-state index in [9.17, 15) is 0 Å². The zero-order valence-electron chi connectivity index (χ0n) is 12.3. The molecule has 1 saturated heterocycles. The maximum Gasteiger partial charge on any atom is 0.0586 e. The van der Waals surface area contributed by atoms with Gasteiger partial charge < -0.3 is 10.1 Å². The van der Waals surface area contributed by atoms with E-state index in [4.69, 9.17) is 4.74 Å². The first-order chi connectivity index (χ1) is 8.78. The van der Waals surface area contributed by atoms with Crippen LogP contribution < -0.4 is 5.32 Å². The second kappa shape index (κ2) is 6.88. The van der Waals surface area contributed by atoms with Gasteiger partial charge in [-0.25, -0.2) is 0 Å². The van der Waals surface area contributed by atoms with Crippen molar-refractivity contribution >= 4 is 0 Å². The van der Waals surface area contributed by atoms with E-state index in [0.29, 0.717) is 6.10 Å². The zero-order valence-corrected chi connectivity index (χ0v) is 12.3. The molecule has 1 heterocycles. The quantitative estimate of drug-likeness (QED) is 0.833. The smallest absolute Gasteiger partial charge is 0.0586 e. The average Bonchev–Trinajstić information content (AvgIpc) is 2.46. The number of hydrogen-bond donors (Lipinski definition) is 1. The van der Waals surface area contributed by atoms with Crippen LogP contribution in [0.25, 0.3) is 0 Å². The summed E-state index contributed by atoms with van der Waals surface area (Å²) in [5.41, 5.74) is 0. The first-order valence-electron chi connectivity index (χ1n) is 7.72. The fraction of sp³-hybridized carbons (Fsp3) is 1.00. The minimum absolute atomic E-state index is 0.505. The molecule has 1 N–H and O–H groups in total. The Bertz CT molecular complexity index is 247. The molecular weight excluding hydrogens is 224 g/mol. The Kier molecular flexibility index (Phi) is 5.46. The monoisotopic (exact) mass is 254 g/mol. The van der Waals surface area contributed by atoms with E-state index in [0.717, 1.165) is 18.0 Å². The van der Waals surface area contributed by atoms with Gasteiger partial charge in [0.2, 0.25) is 0 Å². The molecule has 0 spiro atoms. The molecule has 3 nitrogen and oxygen atoms in total. The van der Waals surface area contributed by atoms with Crippen LogP contribution in [0.4, 0.5) is 0 Å². The van der Waals surface area contributed by atoms with Gasteiger partial charge in [-0.3, -0.25) is 4.90 Å². The van der Waals surface area contributed by atoms with Crippen LogP contribution in [0.3, 0.4) is 0 Å². The molecule has 4 unspecified atom stereocenters. The highest BCUT2D eigenvalue weighted by molar-refractivity contribution is 4.89. The Morgan fingerprint density at radius 3 is 2.78 bits per heavy atom. The second-order valence-corrected chi connectivity index (χ2v) is 6.03. The molecular formula is C15H30N2O. The highest BCUT2D eigenvalue weighted by atomic mass is 16.5. The second-order valence-electron chi connectivity index (χ2n) is 6.03. The summed E-state index contributed by atoms with van der Waals surface area (Å²) >= 11 is 0. The third kappa shape index (κ3) is 3.25. The minimum atomic E-state index is 0.505. The summed E-state index contributed by atoms with van der Waals surface area (Å²) in [6.45, 7) is 4.88. The number of ether oxygens (including phenoxy) is 1. The van der Waals surface area contributed by atoms with Crippen molar-refractivity contribution in [2.45, 2.75) is 63.6 Å². The Hall–Kier alpha value is -0.120. The lowest BCUT2D eigenvalue weighted by molar-refractivity contribution is 0.00967. The van der Waals surface area contributed by atoms with E-state index >= 15 is 0 Å². The molecule has 2 aliphatic rings. The normalized spacial score (nSPS) is 38.8. The lowest BCUT2D eigenvalue weighted by Gasteiger charge is -2.44. The van der Waals surface area contributed by atoms with Crippen molar-refractivity contribution in [3.05, 3.63) is 0 Å². The molecule has 0 aromatic carbocycles. The minimum Gasteiger partial charge on any atom is -0.381 e. The number of rotatable bonds is 4. The van der Waals surface area contributed by atoms with Crippen LogP contribution >= 0.6 is 0 Å². The predicted octanol–water partition coefficient (Wildman–Crippen LogP) is 2.26. The molecule has 1 aliphatic carbocycles. The Morgan fingerprint density at radius 1 is 1.28 bits per heavy atom. The molecule has 1 aliphatic heterocycles. The number of hydrogen-bond acceptors (Lipinski definition) is 3. The lowest BCUT2D eigenvalue weighted by Crippen LogP contribution is -2.52. The Balaban J connectivity index is 1.89. The molecule has 2 rings (SSSR count). The van der Waals surface area contributed by atoms with E-state index in [-0.39, 0.29) is 0 Å². The van der Waals surface area contributed by atoms with E-state index in [1.165, 1.54) is 51.6 Å². The van der Waals surface area contributed by atoms with E-state index in [1.54, 1.807) is 0 Å². The van der Waals surface area contributed by atoms with Crippen LogP contribution in [-0.2, 0) is 4.74 Å². The van der Waals surface area contributed by atoms with Crippen molar-refractivity contribution in [3.63, 3.8) is 0 Å². The standard InChI is InChI=1S/C15H30N2O/c1-4-12-11-17(9-8-15(12)16-2)13-6-5-7-14(10-13)18-3/h12-16H,4-11H2,1-3H3. The van der Waals surface area contributed by atoms with Crippen LogP contribution in [0.5, 0.6) is 0 Å². The summed E-state index contributed by atoms with van der Waals surface area (Å²) in [6.07, 6.45) is 8.33. The Morgan fingerprint density at radius 2 is 2.11 bits per heavy atom. The molecule has 1 saturated carbocycles. The van der Waals surface area contributed by atoms with E-state index in [2.05, 4.69) is 24.2 Å². The van der Waals surface area contributed by atoms with Crippen molar-refractivity contribution in [1.82, 2.24) is 10.2 Å². The Labute approximate surface area is 112 Å². The summed E-state index contributed by atoms with van der Waals surface area (Å²) in [5.74, 6) is 0.826.